The average molecular weight is 205 g/mol. The summed E-state index contributed by atoms with van der Waals surface area (Å²) in [4.78, 5) is 11.7. The van der Waals surface area contributed by atoms with Crippen LogP contribution in [0.15, 0.2) is 12.3 Å². The van der Waals surface area contributed by atoms with Crippen LogP contribution in [-0.4, -0.2) is 23.6 Å². The summed E-state index contributed by atoms with van der Waals surface area (Å²) >= 11 is 0. The molecule has 1 unspecified atom stereocenters. The Morgan fingerprint density at radius 3 is 3.13 bits per heavy atom. The molecule has 3 rings (SSSR count). The van der Waals surface area contributed by atoms with Gasteiger partial charge in [-0.3, -0.25) is 4.79 Å². The van der Waals surface area contributed by atoms with Gasteiger partial charge in [0.15, 0.2) is 5.78 Å². The molecule has 1 atom stereocenters. The Balaban J connectivity index is 1.98. The topological polar surface area (TPSA) is 31.2 Å². The van der Waals surface area contributed by atoms with Gasteiger partial charge < -0.3 is 9.30 Å². The van der Waals surface area contributed by atoms with Crippen LogP contribution in [0.1, 0.15) is 41.4 Å². The number of nitrogens with zero attached hydrogens (tertiary/aromatic N) is 1. The highest BCUT2D eigenvalue weighted by molar-refractivity contribution is 5.98. The van der Waals surface area contributed by atoms with E-state index in [-0.39, 0.29) is 0 Å². The lowest BCUT2D eigenvalue weighted by Gasteiger charge is -2.18. The van der Waals surface area contributed by atoms with E-state index in [1.807, 2.05) is 6.07 Å². The minimum absolute atomic E-state index is 0.314. The third-order valence-corrected chi connectivity index (χ3v) is 3.44. The summed E-state index contributed by atoms with van der Waals surface area (Å²) in [5.74, 6) is 0.314. The second-order valence-corrected chi connectivity index (χ2v) is 4.38. The standard InChI is InChI=1S/C12H15NO2/c14-12-3-1-2-11-10(12)4-6-13(11)9-5-7-15-8-9/h4,6,9H,1-3,5,7-8H2. The number of rotatable bonds is 1. The number of hydrogen-bond acceptors (Lipinski definition) is 2. The first kappa shape index (κ1) is 9.16. The Labute approximate surface area is 89.0 Å². The zero-order valence-corrected chi connectivity index (χ0v) is 8.74. The lowest BCUT2D eigenvalue weighted by molar-refractivity contribution is 0.0971. The molecule has 1 fully saturated rings. The van der Waals surface area contributed by atoms with Gasteiger partial charge in [0.25, 0.3) is 0 Å². The van der Waals surface area contributed by atoms with Crippen molar-refractivity contribution in [2.75, 3.05) is 13.2 Å². The van der Waals surface area contributed by atoms with Crippen LogP contribution in [0.25, 0.3) is 0 Å². The zero-order valence-electron chi connectivity index (χ0n) is 8.74. The lowest BCUT2D eigenvalue weighted by atomic mass is 9.96. The number of ether oxygens (including phenoxy) is 1. The van der Waals surface area contributed by atoms with Gasteiger partial charge in [-0.2, -0.15) is 0 Å². The van der Waals surface area contributed by atoms with Crippen molar-refractivity contribution in [1.29, 1.82) is 0 Å². The van der Waals surface area contributed by atoms with Crippen LogP contribution in [0.4, 0.5) is 0 Å². The summed E-state index contributed by atoms with van der Waals surface area (Å²) < 4.78 is 7.66. The second kappa shape index (κ2) is 3.49. The number of fused-ring (bicyclic) bond motifs is 1. The van der Waals surface area contributed by atoms with E-state index in [0.717, 1.165) is 44.5 Å². The number of ketones is 1. The summed E-state index contributed by atoms with van der Waals surface area (Å²) in [6, 6.07) is 2.44. The minimum atomic E-state index is 0.314. The predicted octanol–water partition coefficient (Wildman–Crippen LogP) is 1.97. The second-order valence-electron chi connectivity index (χ2n) is 4.38. The Hall–Kier alpha value is -1.09. The van der Waals surface area contributed by atoms with E-state index in [1.165, 1.54) is 5.69 Å². The zero-order chi connectivity index (χ0) is 10.3. The summed E-state index contributed by atoms with van der Waals surface area (Å²) in [6.07, 6.45) is 5.91. The molecule has 2 heterocycles. The SMILES string of the molecule is O=C1CCCc2c1ccn2C1CCOC1. The molecule has 1 saturated heterocycles. The van der Waals surface area contributed by atoms with Crippen molar-refractivity contribution in [1.82, 2.24) is 4.57 Å². The molecule has 2 aliphatic rings. The fourth-order valence-electron chi connectivity index (χ4n) is 2.63. The maximum absolute atomic E-state index is 11.7. The molecule has 3 heteroatoms. The van der Waals surface area contributed by atoms with Crippen LogP contribution in [0, 0.1) is 0 Å². The number of carbonyl (C=O) groups excluding carboxylic acids is 1. The molecule has 0 aromatic carbocycles. The molecule has 1 aromatic rings. The van der Waals surface area contributed by atoms with E-state index < -0.39 is 0 Å². The van der Waals surface area contributed by atoms with Crippen LogP contribution < -0.4 is 0 Å². The normalized spacial score (nSPS) is 25.6. The summed E-state index contributed by atoms with van der Waals surface area (Å²) in [5.41, 5.74) is 2.19. The summed E-state index contributed by atoms with van der Waals surface area (Å²) in [7, 11) is 0. The van der Waals surface area contributed by atoms with Crippen molar-refractivity contribution < 1.29 is 9.53 Å². The van der Waals surface area contributed by atoms with E-state index >= 15 is 0 Å². The molecule has 0 spiro atoms. The highest BCUT2D eigenvalue weighted by Gasteiger charge is 2.25. The first-order chi connectivity index (χ1) is 7.36. The fourth-order valence-corrected chi connectivity index (χ4v) is 2.63. The lowest BCUT2D eigenvalue weighted by Crippen LogP contribution is -2.16. The van der Waals surface area contributed by atoms with Crippen LogP contribution in [0.2, 0.25) is 0 Å². The van der Waals surface area contributed by atoms with Crippen LogP contribution in [-0.2, 0) is 11.2 Å². The molecule has 15 heavy (non-hydrogen) atoms. The molecule has 1 aromatic heterocycles. The highest BCUT2D eigenvalue weighted by Crippen LogP contribution is 2.28. The van der Waals surface area contributed by atoms with Crippen molar-refractivity contribution in [2.45, 2.75) is 31.7 Å². The molecule has 0 radical (unpaired) electrons. The van der Waals surface area contributed by atoms with E-state index in [9.17, 15) is 4.79 Å². The molecule has 3 nitrogen and oxygen atoms in total. The van der Waals surface area contributed by atoms with Crippen LogP contribution >= 0.6 is 0 Å². The van der Waals surface area contributed by atoms with E-state index in [4.69, 9.17) is 4.74 Å². The third kappa shape index (κ3) is 1.42. The number of hydrogen-bond donors (Lipinski definition) is 0. The molecule has 0 N–H and O–H groups in total. The highest BCUT2D eigenvalue weighted by atomic mass is 16.5. The molecule has 0 amide bonds. The van der Waals surface area contributed by atoms with Gasteiger partial charge in [0.1, 0.15) is 0 Å². The number of carbonyl (C=O) groups is 1. The van der Waals surface area contributed by atoms with Gasteiger partial charge in [-0.05, 0) is 25.3 Å². The largest absolute Gasteiger partial charge is 0.379 e. The Morgan fingerprint density at radius 1 is 1.40 bits per heavy atom. The average Bonchev–Trinajstić information content (AvgIpc) is 2.85. The van der Waals surface area contributed by atoms with Crippen LogP contribution in [0.3, 0.4) is 0 Å². The number of Topliss-reactive ketones (excluding diaryl/α,β-unsaturated/α-hetero) is 1. The first-order valence-corrected chi connectivity index (χ1v) is 5.67. The first-order valence-electron chi connectivity index (χ1n) is 5.67. The maximum Gasteiger partial charge on any atom is 0.164 e. The van der Waals surface area contributed by atoms with Gasteiger partial charge in [-0.15, -0.1) is 0 Å². The quantitative estimate of drug-likeness (QED) is 0.702. The van der Waals surface area contributed by atoms with Crippen molar-refractivity contribution >= 4 is 5.78 Å². The van der Waals surface area contributed by atoms with Crippen molar-refractivity contribution in [2.24, 2.45) is 0 Å². The van der Waals surface area contributed by atoms with Crippen molar-refractivity contribution in [3.63, 3.8) is 0 Å². The maximum atomic E-state index is 11.7. The number of aromatic nitrogens is 1. The van der Waals surface area contributed by atoms with Crippen molar-refractivity contribution in [3.05, 3.63) is 23.5 Å². The van der Waals surface area contributed by atoms with Gasteiger partial charge in [0.05, 0.1) is 12.6 Å². The molecule has 0 saturated carbocycles. The molecule has 80 valence electrons. The summed E-state index contributed by atoms with van der Waals surface area (Å²) in [6.45, 7) is 1.65. The molecular weight excluding hydrogens is 190 g/mol. The molecular formula is C12H15NO2. The van der Waals surface area contributed by atoms with Crippen molar-refractivity contribution in [3.8, 4) is 0 Å². The van der Waals surface area contributed by atoms with E-state index in [2.05, 4.69) is 10.8 Å². The molecule has 1 aliphatic heterocycles. The van der Waals surface area contributed by atoms with Crippen LogP contribution in [0.5, 0.6) is 0 Å². The minimum Gasteiger partial charge on any atom is -0.379 e. The fraction of sp³-hybridized carbons (Fsp3) is 0.583. The predicted molar refractivity (Wildman–Crippen MR) is 56.2 cm³/mol. The molecule has 1 aliphatic carbocycles. The van der Waals surface area contributed by atoms with Gasteiger partial charge in [0.2, 0.25) is 0 Å². The van der Waals surface area contributed by atoms with E-state index in [1.54, 1.807) is 0 Å². The Morgan fingerprint density at radius 2 is 2.33 bits per heavy atom. The van der Waals surface area contributed by atoms with Gasteiger partial charge >= 0.3 is 0 Å². The monoisotopic (exact) mass is 205 g/mol. The Bertz CT molecular complexity index is 388. The summed E-state index contributed by atoms with van der Waals surface area (Å²) in [5, 5.41) is 0. The smallest absolute Gasteiger partial charge is 0.164 e. The Kier molecular flexibility index (Phi) is 2.13. The van der Waals surface area contributed by atoms with E-state index in [0.29, 0.717) is 11.8 Å². The van der Waals surface area contributed by atoms with Gasteiger partial charge in [-0.25, -0.2) is 0 Å². The van der Waals surface area contributed by atoms with Gasteiger partial charge in [-0.1, -0.05) is 0 Å². The third-order valence-electron chi connectivity index (χ3n) is 3.44. The molecule has 0 bridgehead atoms. The van der Waals surface area contributed by atoms with Gasteiger partial charge in [0, 0.05) is 30.5 Å².